The summed E-state index contributed by atoms with van der Waals surface area (Å²) in [7, 11) is 0. The Labute approximate surface area is 281 Å². The molecule has 47 heavy (non-hydrogen) atoms. The zero-order chi connectivity index (χ0) is 32.7. The summed E-state index contributed by atoms with van der Waals surface area (Å²) in [5.74, 6) is -0.254. The van der Waals surface area contributed by atoms with Crippen LogP contribution < -0.4 is 10.6 Å². The normalized spacial score (nSPS) is 17.0. The number of likely N-dealkylation sites (tertiary alicyclic amines) is 1. The van der Waals surface area contributed by atoms with Crippen LogP contribution in [0.1, 0.15) is 53.7 Å². The van der Waals surface area contributed by atoms with Gasteiger partial charge in [-0.3, -0.25) is 24.2 Å². The van der Waals surface area contributed by atoms with Crippen molar-refractivity contribution in [2.75, 3.05) is 23.7 Å². The molecular formula is C34H32Cl2N8O3. The number of carbonyl (C=O) groups excluding carboxylic acids is 1. The Morgan fingerprint density at radius 1 is 0.915 bits per heavy atom. The molecule has 11 nitrogen and oxygen atoms in total. The van der Waals surface area contributed by atoms with Gasteiger partial charge < -0.3 is 15.7 Å². The third-order valence-corrected chi connectivity index (χ3v) is 9.72. The molecule has 3 aromatic heterocycles. The number of benzene rings is 2. The largest absolute Gasteiger partial charge is 0.481 e. The molecule has 0 spiro atoms. The van der Waals surface area contributed by atoms with Crippen LogP contribution in [0.4, 0.5) is 17.2 Å². The lowest BCUT2D eigenvalue weighted by molar-refractivity contribution is -0.143. The average molecular weight is 672 g/mol. The van der Waals surface area contributed by atoms with Crippen molar-refractivity contribution in [3.63, 3.8) is 0 Å². The molecule has 0 bridgehead atoms. The van der Waals surface area contributed by atoms with Crippen LogP contribution in [0.3, 0.4) is 0 Å². The molecule has 5 aromatic rings. The zero-order valence-corrected chi connectivity index (χ0v) is 27.1. The summed E-state index contributed by atoms with van der Waals surface area (Å²) in [6.07, 6.45) is 4.81. The minimum Gasteiger partial charge on any atom is -0.481 e. The van der Waals surface area contributed by atoms with Gasteiger partial charge in [-0.2, -0.15) is 5.10 Å². The Kier molecular flexibility index (Phi) is 8.52. The highest BCUT2D eigenvalue weighted by Gasteiger charge is 2.33. The number of fused-ring (bicyclic) bond motifs is 2. The number of hydrogen-bond donors (Lipinski definition) is 3. The van der Waals surface area contributed by atoms with Gasteiger partial charge in [-0.15, -0.1) is 0 Å². The zero-order valence-electron chi connectivity index (χ0n) is 25.6. The standard InChI is InChI=1S/C34H32Cl2N8O3/c1-19-38-25-10-4-14-37-31(25)32(39-19)40-23-8-2-6-21(29(23)35)22-7-3-9-24(30(22)36)41-33(45)26-18-28-27(11-5-15-44(28)42-26)43-16-12-20(13-17-43)34(46)47/h2-4,6-10,14,18,20,27H,5,11-13,15-17H2,1H3,(H,41,45)(H,46,47)(H,38,39,40)/t27-/m0/s1. The molecule has 0 saturated carbocycles. The van der Waals surface area contributed by atoms with E-state index in [-0.39, 0.29) is 17.9 Å². The maximum absolute atomic E-state index is 13.5. The molecule has 0 aliphatic carbocycles. The molecule has 2 aliphatic rings. The first kappa shape index (κ1) is 31.0. The number of aliphatic carboxylic acids is 1. The lowest BCUT2D eigenvalue weighted by Gasteiger charge is -2.38. The van der Waals surface area contributed by atoms with Crippen molar-refractivity contribution in [2.24, 2.45) is 5.92 Å². The summed E-state index contributed by atoms with van der Waals surface area (Å²) >= 11 is 13.9. The van der Waals surface area contributed by atoms with Crippen LogP contribution in [0.15, 0.2) is 60.8 Å². The fourth-order valence-electron chi connectivity index (χ4n) is 6.56. The number of aryl methyl sites for hydroxylation is 2. The average Bonchev–Trinajstić information content (AvgIpc) is 3.52. The van der Waals surface area contributed by atoms with E-state index in [0.717, 1.165) is 30.6 Å². The van der Waals surface area contributed by atoms with Crippen molar-refractivity contribution in [1.82, 2.24) is 29.6 Å². The summed E-state index contributed by atoms with van der Waals surface area (Å²) in [6, 6.07) is 16.6. The number of hydrogen-bond acceptors (Lipinski definition) is 8. The number of carboxylic acid groups (broad SMARTS) is 1. The maximum atomic E-state index is 13.5. The summed E-state index contributed by atoms with van der Waals surface area (Å²) < 4.78 is 1.90. The minimum atomic E-state index is -0.727. The van der Waals surface area contributed by atoms with E-state index >= 15 is 0 Å². The van der Waals surface area contributed by atoms with Gasteiger partial charge in [-0.1, -0.05) is 47.5 Å². The van der Waals surface area contributed by atoms with Gasteiger partial charge >= 0.3 is 5.97 Å². The molecule has 240 valence electrons. The lowest BCUT2D eigenvalue weighted by Crippen LogP contribution is -2.40. The molecule has 2 aromatic carbocycles. The Morgan fingerprint density at radius 2 is 1.64 bits per heavy atom. The van der Waals surface area contributed by atoms with E-state index in [4.69, 9.17) is 23.2 Å². The summed E-state index contributed by atoms with van der Waals surface area (Å²) in [4.78, 5) is 40.7. The highest BCUT2D eigenvalue weighted by Crippen LogP contribution is 2.41. The van der Waals surface area contributed by atoms with Crippen LogP contribution in [0.2, 0.25) is 10.0 Å². The van der Waals surface area contributed by atoms with E-state index in [2.05, 4.69) is 35.6 Å². The molecule has 7 rings (SSSR count). The predicted molar refractivity (Wildman–Crippen MR) is 181 cm³/mol. The van der Waals surface area contributed by atoms with Gasteiger partial charge in [0.2, 0.25) is 0 Å². The van der Waals surface area contributed by atoms with Gasteiger partial charge in [0.1, 0.15) is 11.3 Å². The van der Waals surface area contributed by atoms with Crippen LogP contribution in [0.5, 0.6) is 0 Å². The maximum Gasteiger partial charge on any atom is 0.306 e. The van der Waals surface area contributed by atoms with E-state index in [1.807, 2.05) is 60.1 Å². The van der Waals surface area contributed by atoms with Gasteiger partial charge in [0.05, 0.1) is 44.6 Å². The molecule has 13 heteroatoms. The first-order valence-electron chi connectivity index (χ1n) is 15.6. The molecule has 1 atom stereocenters. The third-order valence-electron chi connectivity index (χ3n) is 8.91. The second-order valence-electron chi connectivity index (χ2n) is 11.9. The Hall–Kier alpha value is -4.58. The second-order valence-corrected chi connectivity index (χ2v) is 12.6. The Morgan fingerprint density at radius 3 is 2.38 bits per heavy atom. The molecule has 0 radical (unpaired) electrons. The number of amides is 1. The van der Waals surface area contributed by atoms with E-state index in [0.29, 0.717) is 81.3 Å². The molecule has 1 amide bonds. The fraction of sp³-hybridized carbons (Fsp3) is 0.294. The summed E-state index contributed by atoms with van der Waals surface area (Å²) in [5.41, 5.74) is 5.00. The smallest absolute Gasteiger partial charge is 0.306 e. The van der Waals surface area contributed by atoms with Crippen LogP contribution >= 0.6 is 23.2 Å². The SMILES string of the molecule is Cc1nc(Nc2cccc(-c3cccc(NC(=O)c4cc5n(n4)CCC[C@@H]5N4CCC(C(=O)O)CC4)c3Cl)c2Cl)c2ncccc2n1. The molecule has 2 aliphatic heterocycles. The number of anilines is 3. The number of nitrogens with one attached hydrogen (secondary N) is 2. The van der Waals surface area contributed by atoms with Gasteiger partial charge in [0, 0.05) is 23.9 Å². The molecule has 1 saturated heterocycles. The monoisotopic (exact) mass is 670 g/mol. The van der Waals surface area contributed by atoms with Crippen molar-refractivity contribution < 1.29 is 14.7 Å². The van der Waals surface area contributed by atoms with Crippen molar-refractivity contribution in [3.8, 4) is 11.1 Å². The number of pyridine rings is 1. The third kappa shape index (κ3) is 6.14. The summed E-state index contributed by atoms with van der Waals surface area (Å²) in [6.45, 7) is 3.97. The molecule has 3 N–H and O–H groups in total. The first-order valence-corrected chi connectivity index (χ1v) is 16.3. The topological polar surface area (TPSA) is 138 Å². The number of aromatic nitrogens is 5. The number of carbonyl (C=O) groups is 2. The number of nitrogens with zero attached hydrogens (tertiary/aromatic N) is 6. The van der Waals surface area contributed by atoms with E-state index in [9.17, 15) is 14.7 Å². The molecule has 1 fully saturated rings. The predicted octanol–water partition coefficient (Wildman–Crippen LogP) is 7.13. The van der Waals surface area contributed by atoms with Gasteiger partial charge in [-0.25, -0.2) is 9.97 Å². The minimum absolute atomic E-state index is 0.0996. The van der Waals surface area contributed by atoms with Crippen LogP contribution in [0, 0.1) is 12.8 Å². The van der Waals surface area contributed by atoms with Gasteiger partial charge in [0.15, 0.2) is 11.5 Å². The number of rotatable bonds is 7. The van der Waals surface area contributed by atoms with E-state index < -0.39 is 5.97 Å². The Bertz CT molecular complexity index is 2010. The Balaban J connectivity index is 1.12. The van der Waals surface area contributed by atoms with E-state index in [1.165, 1.54) is 0 Å². The van der Waals surface area contributed by atoms with Crippen molar-refractivity contribution in [1.29, 1.82) is 0 Å². The van der Waals surface area contributed by atoms with Crippen molar-refractivity contribution >= 4 is 63.3 Å². The highest BCUT2D eigenvalue weighted by atomic mass is 35.5. The highest BCUT2D eigenvalue weighted by molar-refractivity contribution is 6.39. The van der Waals surface area contributed by atoms with Gasteiger partial charge in [0.25, 0.3) is 5.91 Å². The van der Waals surface area contributed by atoms with Gasteiger partial charge in [-0.05, 0) is 76.0 Å². The fourth-order valence-corrected chi connectivity index (χ4v) is 7.11. The lowest BCUT2D eigenvalue weighted by atomic mass is 9.93. The summed E-state index contributed by atoms with van der Waals surface area (Å²) in [5, 5.41) is 21.1. The number of halogens is 2. The number of piperidine rings is 1. The van der Waals surface area contributed by atoms with Crippen LogP contribution in [-0.4, -0.2) is 59.7 Å². The molecular weight excluding hydrogens is 639 g/mol. The second kappa shape index (κ2) is 12.9. The van der Waals surface area contributed by atoms with E-state index in [1.54, 1.807) is 12.3 Å². The quantitative estimate of drug-likeness (QED) is 0.165. The van der Waals surface area contributed by atoms with Crippen LogP contribution in [-0.2, 0) is 11.3 Å². The van der Waals surface area contributed by atoms with Crippen LogP contribution in [0.25, 0.3) is 22.2 Å². The van der Waals surface area contributed by atoms with Crippen molar-refractivity contribution in [3.05, 3.63) is 88.1 Å². The molecule has 5 heterocycles. The number of carboxylic acids is 1. The molecule has 0 unspecified atom stereocenters. The van der Waals surface area contributed by atoms with Crippen molar-refractivity contribution in [2.45, 2.75) is 45.2 Å². The first-order chi connectivity index (χ1) is 22.8.